The molecule has 0 spiro atoms. The molecule has 10 heteroatoms. The van der Waals surface area contributed by atoms with Crippen molar-refractivity contribution in [3.05, 3.63) is 35.9 Å². The Morgan fingerprint density at radius 1 is 1.06 bits per heavy atom. The fraction of sp³-hybridized carbons (Fsp3) is 0.600. The highest BCUT2D eigenvalue weighted by Crippen LogP contribution is 2.24. The van der Waals surface area contributed by atoms with Gasteiger partial charge in [0, 0.05) is 12.3 Å². The number of benzene rings is 1. The minimum absolute atomic E-state index is 0.00876. The smallest absolute Gasteiger partial charge is 0.408 e. The van der Waals surface area contributed by atoms with Gasteiger partial charge in [-0.1, -0.05) is 56.5 Å². The van der Waals surface area contributed by atoms with Crippen molar-refractivity contribution >= 4 is 36.5 Å². The molecule has 2 unspecified atom stereocenters. The molecular weight excluding hydrogens is 470 g/mol. The summed E-state index contributed by atoms with van der Waals surface area (Å²) in [5.74, 6) is -1.59. The Kier molecular flexibility index (Phi) is 13.2. The van der Waals surface area contributed by atoms with E-state index in [0.717, 1.165) is 19.3 Å². The zero-order valence-corrected chi connectivity index (χ0v) is 22.2. The Balaban J connectivity index is 3.29. The number of alkyl carbamates (subject to hydrolysis) is 1. The zero-order chi connectivity index (χ0) is 26.4. The first-order chi connectivity index (χ1) is 16.5. The van der Waals surface area contributed by atoms with Crippen LogP contribution in [0.2, 0.25) is 0 Å². The maximum absolute atomic E-state index is 13.7. The van der Waals surface area contributed by atoms with Crippen molar-refractivity contribution < 1.29 is 28.7 Å². The summed E-state index contributed by atoms with van der Waals surface area (Å²) in [6.07, 6.45) is 2.78. The lowest BCUT2D eigenvalue weighted by atomic mass is 10.0. The summed E-state index contributed by atoms with van der Waals surface area (Å²) in [5, 5.41) is 5.13. The average Bonchev–Trinajstić information content (AvgIpc) is 2.81. The van der Waals surface area contributed by atoms with E-state index in [1.165, 1.54) is 12.0 Å². The Bertz CT molecular complexity index is 828. The van der Waals surface area contributed by atoms with Gasteiger partial charge in [-0.2, -0.15) is 12.6 Å². The second-order valence-electron chi connectivity index (χ2n) is 9.08. The summed E-state index contributed by atoms with van der Waals surface area (Å²) in [7, 11) is 1.23. The van der Waals surface area contributed by atoms with Gasteiger partial charge in [0.2, 0.25) is 11.8 Å². The van der Waals surface area contributed by atoms with E-state index in [0.29, 0.717) is 12.0 Å². The minimum atomic E-state index is -1.02. The Morgan fingerprint density at radius 3 is 2.26 bits per heavy atom. The van der Waals surface area contributed by atoms with Crippen molar-refractivity contribution in [2.75, 3.05) is 26.0 Å². The maximum Gasteiger partial charge on any atom is 0.408 e. The van der Waals surface area contributed by atoms with Crippen LogP contribution in [-0.2, 0) is 23.9 Å². The van der Waals surface area contributed by atoms with Gasteiger partial charge in [-0.05, 0) is 32.8 Å². The molecule has 196 valence electrons. The number of ether oxygens (including phenoxy) is 2. The molecule has 1 aromatic rings. The Labute approximate surface area is 213 Å². The highest BCUT2D eigenvalue weighted by Gasteiger charge is 2.35. The topological polar surface area (TPSA) is 114 Å². The molecule has 1 rings (SSSR count). The molecule has 35 heavy (non-hydrogen) atoms. The molecule has 0 radical (unpaired) electrons. The number of hydrogen-bond donors (Lipinski definition) is 3. The summed E-state index contributed by atoms with van der Waals surface area (Å²) in [6.45, 7) is 7.20. The second kappa shape index (κ2) is 15.3. The van der Waals surface area contributed by atoms with Crippen molar-refractivity contribution in [2.45, 2.75) is 71.1 Å². The minimum Gasteiger partial charge on any atom is -0.468 e. The third-order valence-corrected chi connectivity index (χ3v) is 5.38. The largest absolute Gasteiger partial charge is 0.468 e. The first kappa shape index (κ1) is 30.3. The lowest BCUT2D eigenvalue weighted by molar-refractivity contribution is -0.144. The van der Waals surface area contributed by atoms with Crippen LogP contribution < -0.4 is 10.6 Å². The number of nitrogens with zero attached hydrogens (tertiary/aromatic N) is 1. The number of carbonyl (C=O) groups excluding carboxylic acids is 4. The van der Waals surface area contributed by atoms with E-state index >= 15 is 0 Å². The van der Waals surface area contributed by atoms with E-state index in [1.807, 2.05) is 0 Å². The average molecular weight is 510 g/mol. The van der Waals surface area contributed by atoms with Crippen molar-refractivity contribution in [3.8, 4) is 0 Å². The number of nitrogens with one attached hydrogen (secondary N) is 2. The van der Waals surface area contributed by atoms with Crippen LogP contribution in [0.1, 0.15) is 65.0 Å². The third kappa shape index (κ3) is 11.0. The lowest BCUT2D eigenvalue weighted by Crippen LogP contribution is -2.54. The molecule has 0 saturated heterocycles. The summed E-state index contributed by atoms with van der Waals surface area (Å²) < 4.78 is 9.92. The van der Waals surface area contributed by atoms with E-state index in [-0.39, 0.29) is 18.8 Å². The van der Waals surface area contributed by atoms with E-state index in [1.54, 1.807) is 51.1 Å². The van der Waals surface area contributed by atoms with Crippen molar-refractivity contribution in [1.29, 1.82) is 0 Å². The fourth-order valence-corrected chi connectivity index (χ4v) is 3.59. The first-order valence-electron chi connectivity index (χ1n) is 11.8. The molecule has 0 saturated carbocycles. The number of esters is 1. The van der Waals surface area contributed by atoms with E-state index in [9.17, 15) is 19.2 Å². The van der Waals surface area contributed by atoms with Crippen molar-refractivity contribution in [2.24, 2.45) is 0 Å². The fourth-order valence-electron chi connectivity index (χ4n) is 3.35. The van der Waals surface area contributed by atoms with Crippen LogP contribution in [0.15, 0.2) is 30.3 Å². The van der Waals surface area contributed by atoms with E-state index < -0.39 is 41.6 Å². The van der Waals surface area contributed by atoms with Gasteiger partial charge < -0.3 is 25.0 Å². The number of amides is 3. The standard InChI is InChI=1S/C25H39N3O6S/c1-6-7-8-12-15-28(23(31)19(17-35)27-24(32)34-25(2,3)4)21(18-13-10-9-11-14-18)22(30)26-16-20(29)33-5/h9-11,13-14,19,21,35H,6-8,12,15-17H2,1-5H3,(H,26,30)(H,27,32). The monoisotopic (exact) mass is 509 g/mol. The maximum atomic E-state index is 13.7. The lowest BCUT2D eigenvalue weighted by Gasteiger charge is -2.34. The normalized spacial score (nSPS) is 12.7. The van der Waals surface area contributed by atoms with Crippen molar-refractivity contribution in [1.82, 2.24) is 15.5 Å². The van der Waals surface area contributed by atoms with Gasteiger partial charge in [-0.15, -0.1) is 0 Å². The number of rotatable bonds is 13. The van der Waals surface area contributed by atoms with Crippen LogP contribution in [0.25, 0.3) is 0 Å². The van der Waals surface area contributed by atoms with Gasteiger partial charge in [0.25, 0.3) is 0 Å². The zero-order valence-electron chi connectivity index (χ0n) is 21.3. The predicted octanol–water partition coefficient (Wildman–Crippen LogP) is 3.25. The molecule has 2 atom stereocenters. The number of methoxy groups -OCH3 is 1. The highest BCUT2D eigenvalue weighted by molar-refractivity contribution is 7.80. The van der Waals surface area contributed by atoms with Crippen LogP contribution >= 0.6 is 12.6 Å². The predicted molar refractivity (Wildman–Crippen MR) is 137 cm³/mol. The van der Waals surface area contributed by atoms with Crippen LogP contribution in [0, 0.1) is 0 Å². The number of carbonyl (C=O) groups is 4. The van der Waals surface area contributed by atoms with Crippen LogP contribution in [0.5, 0.6) is 0 Å². The van der Waals surface area contributed by atoms with Crippen LogP contribution in [0.4, 0.5) is 4.79 Å². The molecule has 0 aliphatic rings. The van der Waals surface area contributed by atoms with Crippen LogP contribution in [0.3, 0.4) is 0 Å². The summed E-state index contributed by atoms with van der Waals surface area (Å²) in [4.78, 5) is 52.4. The SMILES string of the molecule is CCCCCCN(C(=O)C(CS)NC(=O)OC(C)(C)C)C(C(=O)NCC(=O)OC)c1ccccc1. The third-order valence-electron chi connectivity index (χ3n) is 5.02. The Morgan fingerprint density at radius 2 is 1.71 bits per heavy atom. The molecule has 9 nitrogen and oxygen atoms in total. The number of unbranched alkanes of at least 4 members (excludes halogenated alkanes) is 3. The molecule has 2 N–H and O–H groups in total. The van der Waals surface area contributed by atoms with Gasteiger partial charge in [-0.25, -0.2) is 4.79 Å². The molecule has 0 fully saturated rings. The molecule has 0 heterocycles. The Hall–Kier alpha value is -2.75. The number of hydrogen-bond acceptors (Lipinski definition) is 7. The molecule has 0 aliphatic heterocycles. The van der Waals surface area contributed by atoms with Crippen molar-refractivity contribution in [3.63, 3.8) is 0 Å². The van der Waals surface area contributed by atoms with E-state index in [2.05, 4.69) is 34.9 Å². The first-order valence-corrected chi connectivity index (χ1v) is 12.5. The molecule has 0 aromatic heterocycles. The van der Waals surface area contributed by atoms with Gasteiger partial charge in [0.05, 0.1) is 7.11 Å². The van der Waals surface area contributed by atoms with Gasteiger partial charge >= 0.3 is 12.1 Å². The summed E-state index contributed by atoms with van der Waals surface area (Å²) in [6, 6.07) is 6.80. The quantitative estimate of drug-likeness (QED) is 0.214. The van der Waals surface area contributed by atoms with Gasteiger partial charge in [-0.3, -0.25) is 14.4 Å². The second-order valence-corrected chi connectivity index (χ2v) is 9.45. The van der Waals surface area contributed by atoms with Crippen LogP contribution in [-0.4, -0.2) is 66.4 Å². The molecule has 0 bridgehead atoms. The molecule has 0 aliphatic carbocycles. The number of thiol groups is 1. The molecule has 3 amide bonds. The van der Waals surface area contributed by atoms with E-state index in [4.69, 9.17) is 4.74 Å². The van der Waals surface area contributed by atoms with Gasteiger partial charge in [0.15, 0.2) is 0 Å². The highest BCUT2D eigenvalue weighted by atomic mass is 32.1. The van der Waals surface area contributed by atoms with Gasteiger partial charge in [0.1, 0.15) is 24.2 Å². The summed E-state index contributed by atoms with van der Waals surface area (Å²) in [5.41, 5.74) is -0.164. The summed E-state index contributed by atoms with van der Waals surface area (Å²) >= 11 is 4.27. The molecular formula is C25H39N3O6S. The molecule has 1 aromatic carbocycles.